The van der Waals surface area contributed by atoms with Crippen LogP contribution >= 0.6 is 15.9 Å². The van der Waals surface area contributed by atoms with Crippen LogP contribution < -0.4 is 4.90 Å². The number of nitrogens with zero attached hydrogens (tertiary/aromatic N) is 3. The van der Waals surface area contributed by atoms with Gasteiger partial charge in [0, 0.05) is 11.0 Å². The number of halogens is 1. The monoisotopic (exact) mass is 347 g/mol. The summed E-state index contributed by atoms with van der Waals surface area (Å²) in [4.78, 5) is 25.8. The predicted molar refractivity (Wildman–Crippen MR) is 82.3 cm³/mol. The van der Waals surface area contributed by atoms with Gasteiger partial charge in [-0.1, -0.05) is 15.9 Å². The second-order valence-electron chi connectivity index (χ2n) is 4.97. The molecular formula is C15H14BrN3O2. The Bertz CT molecular complexity index is 751. The smallest absolute Gasteiger partial charge is 0.299 e. The van der Waals surface area contributed by atoms with Gasteiger partial charge < -0.3 is 0 Å². The van der Waals surface area contributed by atoms with Crippen molar-refractivity contribution in [2.24, 2.45) is 0 Å². The zero-order chi connectivity index (χ0) is 15.1. The van der Waals surface area contributed by atoms with E-state index >= 15 is 0 Å². The quantitative estimate of drug-likeness (QED) is 0.802. The SMILES string of the molecule is CCn1nc(C)cc1CN1C(=O)C(=O)c2ccc(Br)cc21. The first kappa shape index (κ1) is 14.0. The molecule has 1 aliphatic heterocycles. The first-order valence-electron chi connectivity index (χ1n) is 6.70. The molecule has 2 aromatic rings. The average molecular weight is 348 g/mol. The third-order valence-corrected chi connectivity index (χ3v) is 4.03. The van der Waals surface area contributed by atoms with Gasteiger partial charge in [0.15, 0.2) is 0 Å². The lowest BCUT2D eigenvalue weighted by molar-refractivity contribution is -0.114. The molecule has 2 heterocycles. The molecule has 1 aliphatic rings. The molecule has 0 spiro atoms. The largest absolute Gasteiger partial charge is 0.299 e. The topological polar surface area (TPSA) is 55.2 Å². The van der Waals surface area contributed by atoms with E-state index in [4.69, 9.17) is 0 Å². The minimum absolute atomic E-state index is 0.350. The number of Topliss-reactive ketones (excluding diaryl/α,β-unsaturated/α-hetero) is 1. The van der Waals surface area contributed by atoms with Crippen molar-refractivity contribution in [2.75, 3.05) is 4.90 Å². The summed E-state index contributed by atoms with van der Waals surface area (Å²) >= 11 is 3.38. The van der Waals surface area contributed by atoms with Gasteiger partial charge in [-0.15, -0.1) is 0 Å². The van der Waals surface area contributed by atoms with E-state index in [0.717, 1.165) is 22.4 Å². The lowest BCUT2D eigenvalue weighted by atomic mass is 10.1. The van der Waals surface area contributed by atoms with E-state index in [0.29, 0.717) is 17.8 Å². The summed E-state index contributed by atoms with van der Waals surface area (Å²) in [6, 6.07) is 7.20. The second kappa shape index (κ2) is 5.11. The molecule has 0 atom stereocenters. The molecule has 1 aromatic heterocycles. The highest BCUT2D eigenvalue weighted by atomic mass is 79.9. The fourth-order valence-corrected chi connectivity index (χ4v) is 2.94. The van der Waals surface area contributed by atoms with Crippen molar-refractivity contribution in [1.29, 1.82) is 0 Å². The van der Waals surface area contributed by atoms with Gasteiger partial charge in [-0.2, -0.15) is 5.10 Å². The van der Waals surface area contributed by atoms with Crippen LogP contribution in [0.3, 0.4) is 0 Å². The molecule has 0 saturated carbocycles. The molecule has 1 aromatic carbocycles. The van der Waals surface area contributed by atoms with Crippen molar-refractivity contribution in [1.82, 2.24) is 9.78 Å². The fourth-order valence-electron chi connectivity index (χ4n) is 2.59. The van der Waals surface area contributed by atoms with E-state index in [1.807, 2.05) is 24.6 Å². The number of ketones is 1. The Morgan fingerprint density at radius 1 is 1.24 bits per heavy atom. The maximum absolute atomic E-state index is 12.2. The Morgan fingerprint density at radius 3 is 2.71 bits per heavy atom. The van der Waals surface area contributed by atoms with Gasteiger partial charge >= 0.3 is 0 Å². The van der Waals surface area contributed by atoms with Crippen molar-refractivity contribution in [3.8, 4) is 0 Å². The first-order valence-corrected chi connectivity index (χ1v) is 7.49. The zero-order valence-electron chi connectivity index (χ0n) is 11.8. The number of hydrogen-bond acceptors (Lipinski definition) is 3. The summed E-state index contributed by atoms with van der Waals surface area (Å²) in [5.41, 5.74) is 2.94. The summed E-state index contributed by atoms with van der Waals surface area (Å²) in [6.07, 6.45) is 0. The number of fused-ring (bicyclic) bond motifs is 1. The van der Waals surface area contributed by atoms with Crippen molar-refractivity contribution in [3.63, 3.8) is 0 Å². The minimum atomic E-state index is -0.482. The zero-order valence-corrected chi connectivity index (χ0v) is 13.3. The second-order valence-corrected chi connectivity index (χ2v) is 5.89. The third kappa shape index (κ3) is 2.29. The van der Waals surface area contributed by atoms with Crippen LogP contribution in [0.15, 0.2) is 28.7 Å². The Morgan fingerprint density at radius 2 is 2.00 bits per heavy atom. The van der Waals surface area contributed by atoms with Crippen molar-refractivity contribution >= 4 is 33.3 Å². The lowest BCUT2D eigenvalue weighted by Crippen LogP contribution is -2.30. The summed E-state index contributed by atoms with van der Waals surface area (Å²) in [7, 11) is 0. The molecule has 5 nitrogen and oxygen atoms in total. The maximum Gasteiger partial charge on any atom is 0.299 e. The normalized spacial score (nSPS) is 14.0. The molecule has 108 valence electrons. The van der Waals surface area contributed by atoms with Crippen LogP contribution in [-0.4, -0.2) is 21.5 Å². The van der Waals surface area contributed by atoms with Crippen molar-refractivity contribution in [3.05, 3.63) is 45.7 Å². The van der Waals surface area contributed by atoms with E-state index in [-0.39, 0.29) is 0 Å². The average Bonchev–Trinajstić information content (AvgIpc) is 2.92. The van der Waals surface area contributed by atoms with Gasteiger partial charge in [-0.25, -0.2) is 0 Å². The highest BCUT2D eigenvalue weighted by Crippen LogP contribution is 2.32. The predicted octanol–water partition coefficient (Wildman–Crippen LogP) is 2.70. The van der Waals surface area contributed by atoms with Gasteiger partial charge in [0.2, 0.25) is 0 Å². The number of amides is 1. The Hall–Kier alpha value is -1.95. The standard InChI is InChI=1S/C15H14BrN3O2/c1-3-19-11(6-9(2)17-19)8-18-13-7-10(16)4-5-12(13)14(20)15(18)21/h4-7H,3,8H2,1-2H3. The summed E-state index contributed by atoms with van der Waals surface area (Å²) < 4.78 is 2.69. The molecule has 0 N–H and O–H groups in total. The minimum Gasteiger partial charge on any atom is -0.299 e. The van der Waals surface area contributed by atoms with E-state index in [2.05, 4.69) is 21.0 Å². The van der Waals surface area contributed by atoms with Crippen LogP contribution in [0.1, 0.15) is 28.7 Å². The number of aryl methyl sites for hydroxylation is 2. The van der Waals surface area contributed by atoms with Gasteiger partial charge in [-0.05, 0) is 38.1 Å². The number of carbonyl (C=O) groups excluding carboxylic acids is 2. The number of hydrogen-bond donors (Lipinski definition) is 0. The van der Waals surface area contributed by atoms with Crippen LogP contribution in [0.25, 0.3) is 0 Å². The molecule has 0 bridgehead atoms. The van der Waals surface area contributed by atoms with Gasteiger partial charge in [-0.3, -0.25) is 19.2 Å². The highest BCUT2D eigenvalue weighted by molar-refractivity contribution is 9.10. The number of aromatic nitrogens is 2. The number of anilines is 1. The number of rotatable bonds is 3. The summed E-state index contributed by atoms with van der Waals surface area (Å²) in [5, 5.41) is 4.37. The molecule has 0 unspecified atom stereocenters. The molecule has 0 fully saturated rings. The van der Waals surface area contributed by atoms with Crippen LogP contribution in [0.4, 0.5) is 5.69 Å². The van der Waals surface area contributed by atoms with Gasteiger partial charge in [0.05, 0.1) is 29.2 Å². The maximum atomic E-state index is 12.2. The molecule has 1 amide bonds. The van der Waals surface area contributed by atoms with Crippen LogP contribution in [-0.2, 0) is 17.9 Å². The Kier molecular flexibility index (Phi) is 3.41. The van der Waals surface area contributed by atoms with Gasteiger partial charge in [0.1, 0.15) is 0 Å². The van der Waals surface area contributed by atoms with Crippen molar-refractivity contribution in [2.45, 2.75) is 26.9 Å². The first-order chi connectivity index (χ1) is 10.0. The number of benzene rings is 1. The lowest BCUT2D eigenvalue weighted by Gasteiger charge is -2.17. The molecular weight excluding hydrogens is 334 g/mol. The van der Waals surface area contributed by atoms with E-state index in [1.54, 1.807) is 18.2 Å². The fraction of sp³-hybridized carbons (Fsp3) is 0.267. The summed E-state index contributed by atoms with van der Waals surface area (Å²) in [5.74, 6) is -0.929. The van der Waals surface area contributed by atoms with E-state index in [9.17, 15) is 9.59 Å². The highest BCUT2D eigenvalue weighted by Gasteiger charge is 2.36. The number of carbonyl (C=O) groups is 2. The third-order valence-electron chi connectivity index (χ3n) is 3.54. The Balaban J connectivity index is 2.01. The Labute approximate surface area is 130 Å². The van der Waals surface area contributed by atoms with Crippen LogP contribution in [0, 0.1) is 6.92 Å². The van der Waals surface area contributed by atoms with Crippen molar-refractivity contribution < 1.29 is 9.59 Å². The molecule has 0 radical (unpaired) electrons. The van der Waals surface area contributed by atoms with Crippen LogP contribution in [0.5, 0.6) is 0 Å². The molecule has 21 heavy (non-hydrogen) atoms. The molecule has 6 heteroatoms. The van der Waals surface area contributed by atoms with E-state index in [1.165, 1.54) is 4.90 Å². The summed E-state index contributed by atoms with van der Waals surface area (Å²) in [6.45, 7) is 4.99. The molecule has 3 rings (SSSR count). The van der Waals surface area contributed by atoms with Gasteiger partial charge in [0.25, 0.3) is 11.7 Å². The van der Waals surface area contributed by atoms with Crippen LogP contribution in [0.2, 0.25) is 0 Å². The molecule has 0 saturated heterocycles. The van der Waals surface area contributed by atoms with E-state index < -0.39 is 11.7 Å². The molecule has 0 aliphatic carbocycles.